The van der Waals surface area contributed by atoms with Crippen LogP contribution in [0.2, 0.25) is 0 Å². The maximum atomic E-state index is 11.5. The molecule has 0 atom stereocenters. The molecule has 0 rings (SSSR count). The van der Waals surface area contributed by atoms with Crippen molar-refractivity contribution in [2.45, 2.75) is 41.0 Å². The first-order valence-corrected chi connectivity index (χ1v) is 5.78. The van der Waals surface area contributed by atoms with E-state index in [1.54, 1.807) is 0 Å². The number of nitrogens with one attached hydrogen (secondary N) is 2. The van der Waals surface area contributed by atoms with Gasteiger partial charge in [-0.2, -0.15) is 0 Å². The molecule has 16 heavy (non-hydrogen) atoms. The second-order valence-corrected chi connectivity index (χ2v) is 5.45. The molecule has 0 aromatic rings. The topological polar surface area (TPSA) is 58.2 Å². The molecule has 0 unspecified atom stereocenters. The molecule has 0 saturated carbocycles. The van der Waals surface area contributed by atoms with Gasteiger partial charge in [-0.15, -0.1) is 0 Å². The van der Waals surface area contributed by atoms with E-state index in [1.807, 2.05) is 34.6 Å². The molecule has 0 aliphatic rings. The first-order chi connectivity index (χ1) is 7.23. The van der Waals surface area contributed by atoms with Gasteiger partial charge in [0.2, 0.25) is 11.8 Å². The Kier molecular flexibility index (Phi) is 6.08. The summed E-state index contributed by atoms with van der Waals surface area (Å²) in [5.74, 6) is 0.417. The van der Waals surface area contributed by atoms with E-state index >= 15 is 0 Å². The number of rotatable bonds is 5. The number of carbonyl (C=O) groups excluding carboxylic acids is 2. The molecule has 4 heteroatoms. The van der Waals surface area contributed by atoms with Gasteiger partial charge < -0.3 is 10.6 Å². The van der Waals surface area contributed by atoms with Crippen LogP contribution in [-0.2, 0) is 9.59 Å². The van der Waals surface area contributed by atoms with Crippen LogP contribution in [0, 0.1) is 11.3 Å². The summed E-state index contributed by atoms with van der Waals surface area (Å²) < 4.78 is 0. The Morgan fingerprint density at radius 2 is 1.69 bits per heavy atom. The molecule has 2 N–H and O–H groups in total. The Balaban J connectivity index is 3.67. The van der Waals surface area contributed by atoms with Crippen LogP contribution in [0.3, 0.4) is 0 Å². The highest BCUT2D eigenvalue weighted by Gasteiger charge is 2.20. The number of hydrogen-bond donors (Lipinski definition) is 2. The second-order valence-electron chi connectivity index (χ2n) is 5.45. The van der Waals surface area contributed by atoms with Crippen LogP contribution in [0.1, 0.15) is 41.0 Å². The van der Waals surface area contributed by atoms with Crippen molar-refractivity contribution in [3.8, 4) is 0 Å². The van der Waals surface area contributed by atoms with Crippen LogP contribution in [0.4, 0.5) is 0 Å². The highest BCUT2D eigenvalue weighted by atomic mass is 16.2. The third-order valence-corrected chi connectivity index (χ3v) is 2.03. The fourth-order valence-corrected chi connectivity index (χ4v) is 0.961. The van der Waals surface area contributed by atoms with Crippen molar-refractivity contribution in [3.05, 3.63) is 0 Å². The first-order valence-electron chi connectivity index (χ1n) is 5.78. The van der Waals surface area contributed by atoms with Crippen LogP contribution in [0.15, 0.2) is 0 Å². The molecule has 0 heterocycles. The van der Waals surface area contributed by atoms with Crippen LogP contribution in [0.5, 0.6) is 0 Å². The number of hydrogen-bond acceptors (Lipinski definition) is 2. The number of carbonyl (C=O) groups is 2. The largest absolute Gasteiger partial charge is 0.356 e. The van der Waals surface area contributed by atoms with Gasteiger partial charge in [-0.05, 0) is 5.92 Å². The number of amides is 2. The maximum Gasteiger partial charge on any atom is 0.225 e. The van der Waals surface area contributed by atoms with Gasteiger partial charge in [0.15, 0.2) is 0 Å². The van der Waals surface area contributed by atoms with E-state index < -0.39 is 5.41 Å². The molecule has 0 fully saturated rings. The molecule has 0 aliphatic carbocycles. The average Bonchev–Trinajstić information content (AvgIpc) is 2.13. The Hall–Kier alpha value is -1.06. The predicted molar refractivity (Wildman–Crippen MR) is 64.9 cm³/mol. The van der Waals surface area contributed by atoms with Gasteiger partial charge in [-0.1, -0.05) is 34.6 Å². The lowest BCUT2D eigenvalue weighted by Gasteiger charge is -2.17. The van der Waals surface area contributed by atoms with Gasteiger partial charge in [0.25, 0.3) is 0 Å². The first kappa shape index (κ1) is 14.9. The molecule has 0 aliphatic heterocycles. The van der Waals surface area contributed by atoms with E-state index in [0.717, 1.165) is 0 Å². The van der Waals surface area contributed by atoms with Gasteiger partial charge in [0.1, 0.15) is 0 Å². The van der Waals surface area contributed by atoms with Crippen molar-refractivity contribution in [1.29, 1.82) is 0 Å². The second kappa shape index (κ2) is 6.51. The summed E-state index contributed by atoms with van der Waals surface area (Å²) in [6.45, 7) is 10.7. The van der Waals surface area contributed by atoms with Crippen molar-refractivity contribution >= 4 is 11.8 Å². The van der Waals surface area contributed by atoms with Crippen LogP contribution >= 0.6 is 0 Å². The van der Waals surface area contributed by atoms with Crippen molar-refractivity contribution in [2.75, 3.05) is 13.1 Å². The lowest BCUT2D eigenvalue weighted by molar-refractivity contribution is -0.128. The summed E-state index contributed by atoms with van der Waals surface area (Å²) in [6, 6.07) is 0. The van der Waals surface area contributed by atoms with Gasteiger partial charge in [0, 0.05) is 24.9 Å². The van der Waals surface area contributed by atoms with E-state index in [2.05, 4.69) is 10.6 Å². The van der Waals surface area contributed by atoms with E-state index in [1.165, 1.54) is 0 Å². The molecule has 0 spiro atoms. The molecule has 0 saturated heterocycles. The zero-order chi connectivity index (χ0) is 12.8. The lowest BCUT2D eigenvalue weighted by atomic mass is 9.96. The fourth-order valence-electron chi connectivity index (χ4n) is 0.961. The van der Waals surface area contributed by atoms with Crippen molar-refractivity contribution in [1.82, 2.24) is 10.6 Å². The monoisotopic (exact) mass is 228 g/mol. The molecule has 0 radical (unpaired) electrons. The summed E-state index contributed by atoms with van der Waals surface area (Å²) >= 11 is 0. The van der Waals surface area contributed by atoms with E-state index in [9.17, 15) is 9.59 Å². The Labute approximate surface area is 98.2 Å². The molecule has 0 aromatic carbocycles. The zero-order valence-electron chi connectivity index (χ0n) is 11.0. The Morgan fingerprint density at radius 1 is 1.12 bits per heavy atom. The van der Waals surface area contributed by atoms with Crippen LogP contribution < -0.4 is 10.6 Å². The molecule has 94 valence electrons. The summed E-state index contributed by atoms with van der Waals surface area (Å²) in [5, 5.41) is 5.55. The average molecular weight is 228 g/mol. The third-order valence-electron chi connectivity index (χ3n) is 2.03. The molecule has 2 amide bonds. The summed E-state index contributed by atoms with van der Waals surface area (Å²) in [5.41, 5.74) is -0.394. The predicted octanol–water partition coefficient (Wildman–Crippen LogP) is 1.31. The minimum atomic E-state index is -0.394. The molecular weight excluding hydrogens is 204 g/mol. The Bertz CT molecular complexity index is 242. The molecule has 0 aromatic heterocycles. The minimum absolute atomic E-state index is 0.0112. The Morgan fingerprint density at radius 3 is 2.12 bits per heavy atom. The molecule has 4 nitrogen and oxygen atoms in total. The van der Waals surface area contributed by atoms with E-state index in [-0.39, 0.29) is 11.8 Å². The molecule has 0 bridgehead atoms. The minimum Gasteiger partial charge on any atom is -0.356 e. The van der Waals surface area contributed by atoms with Gasteiger partial charge >= 0.3 is 0 Å². The van der Waals surface area contributed by atoms with E-state index in [0.29, 0.717) is 25.4 Å². The van der Waals surface area contributed by atoms with Gasteiger partial charge in [-0.25, -0.2) is 0 Å². The normalized spacial score (nSPS) is 11.4. The standard InChI is InChI=1S/C12H24N2O2/c1-9(2)8-14-10(15)6-7-13-11(16)12(3,4)5/h9H,6-8H2,1-5H3,(H,13,16)(H,14,15). The fraction of sp³-hybridized carbons (Fsp3) is 0.833. The van der Waals surface area contributed by atoms with Crippen molar-refractivity contribution in [3.63, 3.8) is 0 Å². The highest BCUT2D eigenvalue weighted by Crippen LogP contribution is 2.11. The lowest BCUT2D eigenvalue weighted by Crippen LogP contribution is -2.37. The zero-order valence-corrected chi connectivity index (χ0v) is 11.0. The highest BCUT2D eigenvalue weighted by molar-refractivity contribution is 5.82. The summed E-state index contributed by atoms with van der Waals surface area (Å²) in [6.07, 6.45) is 0.342. The smallest absolute Gasteiger partial charge is 0.225 e. The van der Waals surface area contributed by atoms with Gasteiger partial charge in [0.05, 0.1) is 0 Å². The van der Waals surface area contributed by atoms with Crippen molar-refractivity contribution in [2.24, 2.45) is 11.3 Å². The van der Waals surface area contributed by atoms with Crippen molar-refractivity contribution < 1.29 is 9.59 Å². The summed E-state index contributed by atoms with van der Waals surface area (Å²) in [4.78, 5) is 22.8. The third kappa shape index (κ3) is 7.26. The van der Waals surface area contributed by atoms with E-state index in [4.69, 9.17) is 0 Å². The summed E-state index contributed by atoms with van der Waals surface area (Å²) in [7, 11) is 0. The van der Waals surface area contributed by atoms with Gasteiger partial charge in [-0.3, -0.25) is 9.59 Å². The maximum absolute atomic E-state index is 11.5. The van der Waals surface area contributed by atoms with Crippen LogP contribution in [0.25, 0.3) is 0 Å². The van der Waals surface area contributed by atoms with Crippen LogP contribution in [-0.4, -0.2) is 24.9 Å². The molecular formula is C12H24N2O2. The SMILES string of the molecule is CC(C)CNC(=O)CCNC(=O)C(C)(C)C. The quantitative estimate of drug-likeness (QED) is 0.745.